The van der Waals surface area contributed by atoms with E-state index in [2.05, 4.69) is 25.5 Å². The molecule has 3 rings (SSSR count). The van der Waals surface area contributed by atoms with Crippen LogP contribution < -0.4 is 10.6 Å². The largest absolute Gasteiger partial charge is 0.379 e. The third kappa shape index (κ3) is 4.91. The molecule has 1 fully saturated rings. The Balaban J connectivity index is 1.56. The minimum absolute atomic E-state index is 0.664. The summed E-state index contributed by atoms with van der Waals surface area (Å²) in [6, 6.07) is 12.0. The van der Waals surface area contributed by atoms with Gasteiger partial charge < -0.3 is 15.4 Å². The highest BCUT2D eigenvalue weighted by molar-refractivity contribution is 5.57. The lowest BCUT2D eigenvalue weighted by atomic mass is 10.3. The first-order valence-electron chi connectivity index (χ1n) is 8.01. The molecule has 1 aliphatic heterocycles. The van der Waals surface area contributed by atoms with Crippen LogP contribution in [0.4, 0.5) is 17.5 Å². The zero-order valence-corrected chi connectivity index (χ0v) is 13.5. The standard InChI is InChI=1S/C17H23N5O/c1-14-13-16(20-15-5-3-2-4-6-15)21-17(19-14)18-7-8-22-9-11-23-12-10-22/h2-6,13H,7-12H2,1H3,(H2,18,19,20,21). The number of aryl methyl sites for hydroxylation is 1. The number of para-hydroxylation sites is 1. The molecule has 0 unspecified atom stereocenters. The third-order valence-electron chi connectivity index (χ3n) is 3.72. The minimum atomic E-state index is 0.664. The molecule has 1 aromatic carbocycles. The van der Waals surface area contributed by atoms with E-state index in [-0.39, 0.29) is 0 Å². The number of nitrogens with zero attached hydrogens (tertiary/aromatic N) is 3. The lowest BCUT2D eigenvalue weighted by Gasteiger charge is -2.26. The Labute approximate surface area is 136 Å². The normalized spacial score (nSPS) is 15.3. The van der Waals surface area contributed by atoms with Crippen LogP contribution in [-0.4, -0.2) is 54.3 Å². The number of hydrogen-bond acceptors (Lipinski definition) is 6. The van der Waals surface area contributed by atoms with Crippen molar-refractivity contribution in [1.82, 2.24) is 14.9 Å². The molecule has 0 radical (unpaired) electrons. The molecule has 0 bridgehead atoms. The number of hydrogen-bond donors (Lipinski definition) is 2. The van der Waals surface area contributed by atoms with Gasteiger partial charge in [0.05, 0.1) is 13.2 Å². The van der Waals surface area contributed by atoms with Gasteiger partial charge in [0.15, 0.2) is 0 Å². The van der Waals surface area contributed by atoms with Crippen LogP contribution in [0.5, 0.6) is 0 Å². The van der Waals surface area contributed by atoms with Crippen molar-refractivity contribution >= 4 is 17.5 Å². The third-order valence-corrected chi connectivity index (χ3v) is 3.72. The molecule has 2 N–H and O–H groups in total. The average Bonchev–Trinajstić information content (AvgIpc) is 2.56. The van der Waals surface area contributed by atoms with Gasteiger partial charge in [-0.15, -0.1) is 0 Å². The number of morpholine rings is 1. The van der Waals surface area contributed by atoms with E-state index in [0.29, 0.717) is 5.95 Å². The average molecular weight is 313 g/mol. The van der Waals surface area contributed by atoms with Gasteiger partial charge in [-0.2, -0.15) is 4.98 Å². The molecule has 1 aromatic heterocycles. The Morgan fingerprint density at radius 1 is 1.13 bits per heavy atom. The molecule has 1 aliphatic rings. The van der Waals surface area contributed by atoms with Crippen molar-refractivity contribution in [3.05, 3.63) is 42.1 Å². The molecule has 2 aromatic rings. The number of nitrogens with one attached hydrogen (secondary N) is 2. The van der Waals surface area contributed by atoms with Crippen LogP contribution in [0.3, 0.4) is 0 Å². The maximum Gasteiger partial charge on any atom is 0.224 e. The summed E-state index contributed by atoms with van der Waals surface area (Å²) in [6.07, 6.45) is 0. The fraction of sp³-hybridized carbons (Fsp3) is 0.412. The lowest BCUT2D eigenvalue weighted by molar-refractivity contribution is 0.0398. The number of aromatic nitrogens is 2. The number of rotatable bonds is 6. The molecule has 0 aliphatic carbocycles. The molecule has 0 amide bonds. The van der Waals surface area contributed by atoms with Crippen LogP contribution in [0.2, 0.25) is 0 Å². The summed E-state index contributed by atoms with van der Waals surface area (Å²) in [5.41, 5.74) is 1.96. The lowest BCUT2D eigenvalue weighted by Crippen LogP contribution is -2.39. The maximum absolute atomic E-state index is 5.36. The van der Waals surface area contributed by atoms with E-state index in [1.165, 1.54) is 0 Å². The van der Waals surface area contributed by atoms with E-state index in [0.717, 1.165) is 56.6 Å². The molecule has 0 spiro atoms. The Bertz CT molecular complexity index is 614. The molecular weight excluding hydrogens is 290 g/mol. The van der Waals surface area contributed by atoms with Crippen LogP contribution in [0, 0.1) is 6.92 Å². The first-order valence-corrected chi connectivity index (χ1v) is 8.01. The second kappa shape index (κ2) is 7.89. The van der Waals surface area contributed by atoms with Crippen molar-refractivity contribution in [3.8, 4) is 0 Å². The van der Waals surface area contributed by atoms with Crippen molar-refractivity contribution in [1.29, 1.82) is 0 Å². The highest BCUT2D eigenvalue weighted by Crippen LogP contribution is 2.16. The van der Waals surface area contributed by atoms with Crippen LogP contribution in [-0.2, 0) is 4.74 Å². The Kier molecular flexibility index (Phi) is 5.39. The van der Waals surface area contributed by atoms with Crippen LogP contribution in [0.1, 0.15) is 5.69 Å². The minimum Gasteiger partial charge on any atom is -0.379 e. The van der Waals surface area contributed by atoms with Crippen LogP contribution in [0.15, 0.2) is 36.4 Å². The molecule has 2 heterocycles. The number of benzene rings is 1. The predicted octanol–water partition coefficient (Wildman–Crippen LogP) is 2.27. The first kappa shape index (κ1) is 15.7. The molecule has 6 heteroatoms. The summed E-state index contributed by atoms with van der Waals surface area (Å²) in [5, 5.41) is 6.62. The zero-order chi connectivity index (χ0) is 15.9. The fourth-order valence-electron chi connectivity index (χ4n) is 2.53. The second-order valence-corrected chi connectivity index (χ2v) is 5.59. The monoisotopic (exact) mass is 313 g/mol. The van der Waals surface area contributed by atoms with Gasteiger partial charge in [0.1, 0.15) is 5.82 Å². The van der Waals surface area contributed by atoms with E-state index >= 15 is 0 Å². The van der Waals surface area contributed by atoms with E-state index in [1.807, 2.05) is 43.3 Å². The van der Waals surface area contributed by atoms with Gasteiger partial charge in [0, 0.05) is 43.6 Å². The van der Waals surface area contributed by atoms with Gasteiger partial charge in [-0.3, -0.25) is 4.90 Å². The summed E-state index contributed by atoms with van der Waals surface area (Å²) in [7, 11) is 0. The quantitative estimate of drug-likeness (QED) is 0.853. The maximum atomic E-state index is 5.36. The first-order chi connectivity index (χ1) is 11.3. The van der Waals surface area contributed by atoms with Gasteiger partial charge in [-0.05, 0) is 19.1 Å². The van der Waals surface area contributed by atoms with Crippen molar-refractivity contribution in [2.24, 2.45) is 0 Å². The van der Waals surface area contributed by atoms with Crippen LogP contribution in [0.25, 0.3) is 0 Å². The van der Waals surface area contributed by atoms with Gasteiger partial charge in [-0.25, -0.2) is 4.98 Å². The highest BCUT2D eigenvalue weighted by atomic mass is 16.5. The smallest absolute Gasteiger partial charge is 0.224 e. The Morgan fingerprint density at radius 2 is 1.91 bits per heavy atom. The van der Waals surface area contributed by atoms with Crippen molar-refractivity contribution in [3.63, 3.8) is 0 Å². The summed E-state index contributed by atoms with van der Waals surface area (Å²) < 4.78 is 5.36. The second-order valence-electron chi connectivity index (χ2n) is 5.59. The molecule has 0 saturated carbocycles. The van der Waals surface area contributed by atoms with Crippen LogP contribution >= 0.6 is 0 Å². The fourth-order valence-corrected chi connectivity index (χ4v) is 2.53. The van der Waals surface area contributed by atoms with Gasteiger partial charge >= 0.3 is 0 Å². The summed E-state index contributed by atoms with van der Waals surface area (Å²) >= 11 is 0. The van der Waals surface area contributed by atoms with E-state index < -0.39 is 0 Å². The summed E-state index contributed by atoms with van der Waals surface area (Å²) in [6.45, 7) is 7.42. The van der Waals surface area contributed by atoms with E-state index in [1.54, 1.807) is 0 Å². The predicted molar refractivity (Wildman–Crippen MR) is 92.2 cm³/mol. The van der Waals surface area contributed by atoms with Crippen molar-refractivity contribution in [2.45, 2.75) is 6.92 Å². The number of ether oxygens (including phenoxy) is 1. The van der Waals surface area contributed by atoms with E-state index in [9.17, 15) is 0 Å². The molecule has 23 heavy (non-hydrogen) atoms. The Morgan fingerprint density at radius 3 is 2.70 bits per heavy atom. The molecular formula is C17H23N5O. The molecule has 0 atom stereocenters. The van der Waals surface area contributed by atoms with E-state index in [4.69, 9.17) is 4.74 Å². The molecule has 6 nitrogen and oxygen atoms in total. The molecule has 1 saturated heterocycles. The SMILES string of the molecule is Cc1cc(Nc2ccccc2)nc(NCCN2CCOCC2)n1. The number of anilines is 3. The van der Waals surface area contributed by atoms with Crippen molar-refractivity contribution < 1.29 is 4.74 Å². The molecule has 122 valence electrons. The topological polar surface area (TPSA) is 62.3 Å². The van der Waals surface area contributed by atoms with Gasteiger partial charge in [0.2, 0.25) is 5.95 Å². The van der Waals surface area contributed by atoms with Gasteiger partial charge in [0.25, 0.3) is 0 Å². The Hall–Kier alpha value is -2.18. The van der Waals surface area contributed by atoms with Crippen molar-refractivity contribution in [2.75, 3.05) is 50.0 Å². The zero-order valence-electron chi connectivity index (χ0n) is 13.5. The summed E-state index contributed by atoms with van der Waals surface area (Å²) in [4.78, 5) is 11.4. The van der Waals surface area contributed by atoms with Gasteiger partial charge in [-0.1, -0.05) is 18.2 Å². The highest BCUT2D eigenvalue weighted by Gasteiger charge is 2.10. The summed E-state index contributed by atoms with van der Waals surface area (Å²) in [5.74, 6) is 1.47.